The third-order valence-corrected chi connectivity index (χ3v) is 4.80. The SMILES string of the molecule is CC1CCC(CN)C(Cc2cc(Cl)ccc2Cl)C1. The zero-order valence-corrected chi connectivity index (χ0v) is 12.3. The van der Waals surface area contributed by atoms with Gasteiger partial charge in [0.05, 0.1) is 0 Å². The molecule has 1 saturated carbocycles. The molecule has 1 aromatic carbocycles. The highest BCUT2D eigenvalue weighted by atomic mass is 35.5. The van der Waals surface area contributed by atoms with Gasteiger partial charge < -0.3 is 5.73 Å². The molecule has 1 nitrogen and oxygen atoms in total. The lowest BCUT2D eigenvalue weighted by molar-refractivity contribution is 0.193. The van der Waals surface area contributed by atoms with Crippen molar-refractivity contribution in [2.75, 3.05) is 6.54 Å². The molecule has 1 aromatic rings. The molecule has 1 aliphatic rings. The van der Waals surface area contributed by atoms with E-state index < -0.39 is 0 Å². The summed E-state index contributed by atoms with van der Waals surface area (Å²) in [6, 6.07) is 5.73. The first-order chi connectivity index (χ1) is 8.60. The van der Waals surface area contributed by atoms with Gasteiger partial charge >= 0.3 is 0 Å². The van der Waals surface area contributed by atoms with Crippen LogP contribution in [0.3, 0.4) is 0 Å². The van der Waals surface area contributed by atoms with Crippen LogP contribution in [0.1, 0.15) is 31.7 Å². The zero-order valence-electron chi connectivity index (χ0n) is 10.8. The Morgan fingerprint density at radius 1 is 1.22 bits per heavy atom. The molecule has 1 aliphatic carbocycles. The number of hydrogen-bond donors (Lipinski definition) is 1. The minimum atomic E-state index is 0.635. The Labute approximate surface area is 120 Å². The van der Waals surface area contributed by atoms with Crippen LogP contribution in [-0.4, -0.2) is 6.54 Å². The monoisotopic (exact) mass is 285 g/mol. The summed E-state index contributed by atoms with van der Waals surface area (Å²) in [5, 5.41) is 1.59. The van der Waals surface area contributed by atoms with E-state index in [9.17, 15) is 0 Å². The maximum absolute atomic E-state index is 6.25. The van der Waals surface area contributed by atoms with Gasteiger partial charge in [-0.3, -0.25) is 0 Å². The topological polar surface area (TPSA) is 26.0 Å². The van der Waals surface area contributed by atoms with Gasteiger partial charge in [0.15, 0.2) is 0 Å². The molecule has 2 N–H and O–H groups in total. The third-order valence-electron chi connectivity index (χ3n) is 4.19. The molecule has 0 bridgehead atoms. The minimum Gasteiger partial charge on any atom is -0.330 e. The number of nitrogens with two attached hydrogens (primary N) is 1. The molecule has 0 saturated heterocycles. The first-order valence-electron chi connectivity index (χ1n) is 6.74. The van der Waals surface area contributed by atoms with Gasteiger partial charge in [0.2, 0.25) is 0 Å². The van der Waals surface area contributed by atoms with E-state index >= 15 is 0 Å². The summed E-state index contributed by atoms with van der Waals surface area (Å²) in [6.07, 6.45) is 4.82. The van der Waals surface area contributed by atoms with E-state index in [4.69, 9.17) is 28.9 Å². The molecule has 3 atom stereocenters. The normalized spacial score (nSPS) is 28.3. The Hall–Kier alpha value is -0.240. The molecule has 1 fully saturated rings. The average Bonchev–Trinajstić information content (AvgIpc) is 2.34. The molecule has 0 spiro atoms. The molecule has 100 valence electrons. The second-order valence-electron chi connectivity index (χ2n) is 5.61. The standard InChI is InChI=1S/C15H21Cl2N/c1-10-2-3-11(9-18)12(6-10)7-13-8-14(16)4-5-15(13)17/h4-5,8,10-12H,2-3,6-7,9,18H2,1H3. The molecule has 18 heavy (non-hydrogen) atoms. The van der Waals surface area contributed by atoms with Gasteiger partial charge in [-0.15, -0.1) is 0 Å². The molecule has 3 unspecified atom stereocenters. The summed E-state index contributed by atoms with van der Waals surface area (Å²) in [5.74, 6) is 2.08. The van der Waals surface area contributed by atoms with Crippen molar-refractivity contribution in [3.63, 3.8) is 0 Å². The lowest BCUT2D eigenvalue weighted by Gasteiger charge is -2.34. The molecule has 0 heterocycles. The second kappa shape index (κ2) is 6.27. The van der Waals surface area contributed by atoms with Crippen molar-refractivity contribution in [3.8, 4) is 0 Å². The zero-order chi connectivity index (χ0) is 13.1. The molecule has 3 heteroatoms. The molecular weight excluding hydrogens is 265 g/mol. The van der Waals surface area contributed by atoms with E-state index in [2.05, 4.69) is 6.92 Å². The Bertz CT molecular complexity index is 405. The van der Waals surface area contributed by atoms with Crippen molar-refractivity contribution in [2.24, 2.45) is 23.5 Å². The molecule has 0 aromatic heterocycles. The van der Waals surface area contributed by atoms with Crippen LogP contribution in [0, 0.1) is 17.8 Å². The Kier molecular flexibility index (Phi) is 4.94. The van der Waals surface area contributed by atoms with E-state index in [0.717, 1.165) is 28.9 Å². The van der Waals surface area contributed by atoms with Crippen LogP contribution in [0.4, 0.5) is 0 Å². The first-order valence-corrected chi connectivity index (χ1v) is 7.49. The fourth-order valence-electron chi connectivity index (χ4n) is 3.10. The van der Waals surface area contributed by atoms with Gasteiger partial charge in [-0.25, -0.2) is 0 Å². The summed E-state index contributed by atoms with van der Waals surface area (Å²) in [5.41, 5.74) is 7.07. The van der Waals surface area contributed by atoms with Gasteiger partial charge in [-0.1, -0.05) is 36.5 Å². The number of benzene rings is 1. The smallest absolute Gasteiger partial charge is 0.0439 e. The van der Waals surface area contributed by atoms with Crippen molar-refractivity contribution in [2.45, 2.75) is 32.6 Å². The lowest BCUT2D eigenvalue weighted by Crippen LogP contribution is -2.31. The van der Waals surface area contributed by atoms with Crippen LogP contribution >= 0.6 is 23.2 Å². The molecule has 0 aliphatic heterocycles. The highest BCUT2D eigenvalue weighted by Crippen LogP contribution is 2.36. The quantitative estimate of drug-likeness (QED) is 0.867. The van der Waals surface area contributed by atoms with Crippen LogP contribution in [-0.2, 0) is 6.42 Å². The van der Waals surface area contributed by atoms with E-state index in [1.165, 1.54) is 24.8 Å². The second-order valence-corrected chi connectivity index (χ2v) is 6.46. The Morgan fingerprint density at radius 3 is 2.72 bits per heavy atom. The summed E-state index contributed by atoms with van der Waals surface area (Å²) in [7, 11) is 0. The first kappa shape index (κ1) is 14.2. The fraction of sp³-hybridized carbons (Fsp3) is 0.600. The lowest BCUT2D eigenvalue weighted by atomic mass is 9.72. The largest absolute Gasteiger partial charge is 0.330 e. The van der Waals surface area contributed by atoms with Gasteiger partial charge in [0, 0.05) is 10.0 Å². The number of rotatable bonds is 3. The summed E-state index contributed by atoms with van der Waals surface area (Å²) >= 11 is 12.3. The summed E-state index contributed by atoms with van der Waals surface area (Å²) in [4.78, 5) is 0. The van der Waals surface area contributed by atoms with Crippen molar-refractivity contribution in [3.05, 3.63) is 33.8 Å². The van der Waals surface area contributed by atoms with Crippen LogP contribution in [0.5, 0.6) is 0 Å². The fourth-order valence-corrected chi connectivity index (χ4v) is 3.49. The van der Waals surface area contributed by atoms with Crippen molar-refractivity contribution >= 4 is 23.2 Å². The predicted octanol–water partition coefficient (Wildman–Crippen LogP) is 4.55. The molecular formula is C15H21Cl2N. The van der Waals surface area contributed by atoms with E-state index in [1.807, 2.05) is 18.2 Å². The number of hydrogen-bond acceptors (Lipinski definition) is 1. The number of halogens is 2. The average molecular weight is 286 g/mol. The molecule has 0 radical (unpaired) electrons. The highest BCUT2D eigenvalue weighted by Gasteiger charge is 2.28. The van der Waals surface area contributed by atoms with Gasteiger partial charge in [0.25, 0.3) is 0 Å². The maximum atomic E-state index is 6.25. The van der Waals surface area contributed by atoms with Crippen molar-refractivity contribution < 1.29 is 0 Å². The maximum Gasteiger partial charge on any atom is 0.0439 e. The van der Waals surface area contributed by atoms with Gasteiger partial charge in [0.1, 0.15) is 0 Å². The van der Waals surface area contributed by atoms with Crippen LogP contribution in [0.25, 0.3) is 0 Å². The van der Waals surface area contributed by atoms with Crippen LogP contribution in [0.15, 0.2) is 18.2 Å². The minimum absolute atomic E-state index is 0.635. The molecule has 2 rings (SSSR count). The van der Waals surface area contributed by atoms with Gasteiger partial charge in [-0.2, -0.15) is 0 Å². The van der Waals surface area contributed by atoms with Crippen molar-refractivity contribution in [1.29, 1.82) is 0 Å². The molecule has 0 amide bonds. The third kappa shape index (κ3) is 3.40. The van der Waals surface area contributed by atoms with Crippen molar-refractivity contribution in [1.82, 2.24) is 0 Å². The highest BCUT2D eigenvalue weighted by molar-refractivity contribution is 6.33. The van der Waals surface area contributed by atoms with Crippen LogP contribution in [0.2, 0.25) is 10.0 Å². The predicted molar refractivity (Wildman–Crippen MR) is 79.2 cm³/mol. The summed E-state index contributed by atoms with van der Waals surface area (Å²) < 4.78 is 0. The van der Waals surface area contributed by atoms with Gasteiger partial charge in [-0.05, 0) is 67.3 Å². The Balaban J connectivity index is 2.12. The van der Waals surface area contributed by atoms with E-state index in [-0.39, 0.29) is 0 Å². The van der Waals surface area contributed by atoms with Crippen LogP contribution < -0.4 is 5.73 Å². The Morgan fingerprint density at radius 2 is 2.00 bits per heavy atom. The summed E-state index contributed by atoms with van der Waals surface area (Å²) in [6.45, 7) is 3.12. The van der Waals surface area contributed by atoms with E-state index in [1.54, 1.807) is 0 Å². The van der Waals surface area contributed by atoms with E-state index in [0.29, 0.717) is 11.8 Å².